The number of hydrogen-bond donors (Lipinski definition) is 2. The van der Waals surface area contributed by atoms with Crippen LogP contribution in [-0.4, -0.2) is 11.3 Å². The van der Waals surface area contributed by atoms with Gasteiger partial charge >= 0.3 is 6.18 Å². The first kappa shape index (κ1) is 12.3. The molecular formula is C9H9BrF3NO. The molecule has 84 valence electrons. The molecule has 0 aliphatic carbocycles. The Balaban J connectivity index is 3.31. The predicted octanol–water partition coefficient (Wildman–Crippen LogP) is 3.03. The van der Waals surface area contributed by atoms with Crippen LogP contribution >= 0.6 is 15.9 Å². The summed E-state index contributed by atoms with van der Waals surface area (Å²) in [4.78, 5) is 0. The molecule has 6 heteroatoms. The summed E-state index contributed by atoms with van der Waals surface area (Å²) in [5.74, 6) is -0.422. The third-order valence-corrected chi connectivity index (χ3v) is 2.72. The molecule has 0 unspecified atom stereocenters. The fourth-order valence-electron chi connectivity index (χ4n) is 1.15. The average molecular weight is 284 g/mol. The van der Waals surface area contributed by atoms with Crippen LogP contribution in [0.5, 0.6) is 5.75 Å². The molecule has 0 radical (unpaired) electrons. The van der Waals surface area contributed by atoms with E-state index in [0.29, 0.717) is 5.56 Å². The lowest BCUT2D eigenvalue weighted by Gasteiger charge is -2.19. The summed E-state index contributed by atoms with van der Waals surface area (Å²) >= 11 is 2.93. The van der Waals surface area contributed by atoms with Crippen LogP contribution in [0.25, 0.3) is 0 Å². The van der Waals surface area contributed by atoms with Gasteiger partial charge in [-0.2, -0.15) is 13.2 Å². The van der Waals surface area contributed by atoms with Gasteiger partial charge in [-0.05, 0) is 18.6 Å². The molecule has 15 heavy (non-hydrogen) atoms. The highest BCUT2D eigenvalue weighted by Gasteiger charge is 2.40. The molecule has 0 saturated carbocycles. The highest BCUT2D eigenvalue weighted by Crippen LogP contribution is 2.40. The van der Waals surface area contributed by atoms with Crippen molar-refractivity contribution in [2.24, 2.45) is 5.73 Å². The van der Waals surface area contributed by atoms with Crippen molar-refractivity contribution in [2.45, 2.75) is 19.1 Å². The highest BCUT2D eigenvalue weighted by atomic mass is 79.9. The summed E-state index contributed by atoms with van der Waals surface area (Å²) < 4.78 is 37.3. The van der Waals surface area contributed by atoms with Crippen molar-refractivity contribution in [1.82, 2.24) is 0 Å². The number of benzene rings is 1. The molecule has 1 aromatic rings. The Kier molecular flexibility index (Phi) is 3.30. The topological polar surface area (TPSA) is 46.2 Å². The molecule has 0 bridgehead atoms. The maximum absolute atomic E-state index is 12.4. The summed E-state index contributed by atoms with van der Waals surface area (Å²) in [6.07, 6.45) is -4.58. The summed E-state index contributed by atoms with van der Waals surface area (Å²) in [7, 11) is 0. The lowest BCUT2D eigenvalue weighted by molar-refractivity contribution is -0.149. The zero-order valence-corrected chi connectivity index (χ0v) is 9.35. The van der Waals surface area contributed by atoms with Crippen LogP contribution in [0.3, 0.4) is 0 Å². The summed E-state index contributed by atoms with van der Waals surface area (Å²) in [6, 6.07) is 0.744. The number of alkyl halides is 3. The fourth-order valence-corrected chi connectivity index (χ4v) is 1.72. The largest absolute Gasteiger partial charge is 0.507 e. The van der Waals surface area contributed by atoms with Gasteiger partial charge < -0.3 is 10.8 Å². The number of aromatic hydroxyl groups is 1. The molecule has 0 aliphatic heterocycles. The SMILES string of the molecule is Cc1ccc(Br)c([C@@H](N)C(F)(F)F)c1O. The Morgan fingerprint density at radius 3 is 2.40 bits per heavy atom. The molecule has 0 amide bonds. The van der Waals surface area contributed by atoms with E-state index in [-0.39, 0.29) is 10.0 Å². The van der Waals surface area contributed by atoms with Gasteiger partial charge in [-0.3, -0.25) is 0 Å². The van der Waals surface area contributed by atoms with E-state index in [9.17, 15) is 18.3 Å². The minimum Gasteiger partial charge on any atom is -0.507 e. The van der Waals surface area contributed by atoms with Crippen LogP contribution in [-0.2, 0) is 0 Å². The van der Waals surface area contributed by atoms with Gasteiger partial charge in [0.25, 0.3) is 0 Å². The average Bonchev–Trinajstić information content (AvgIpc) is 2.10. The molecule has 1 atom stereocenters. The van der Waals surface area contributed by atoms with Gasteiger partial charge in [0.15, 0.2) is 0 Å². The van der Waals surface area contributed by atoms with Crippen LogP contribution in [0.2, 0.25) is 0 Å². The minimum atomic E-state index is -4.58. The minimum absolute atomic E-state index is 0.149. The first-order chi connectivity index (χ1) is 6.75. The molecular weight excluding hydrogens is 275 g/mol. The van der Waals surface area contributed by atoms with E-state index >= 15 is 0 Å². The van der Waals surface area contributed by atoms with Crippen molar-refractivity contribution in [3.8, 4) is 5.75 Å². The molecule has 0 aromatic heterocycles. The first-order valence-electron chi connectivity index (χ1n) is 4.05. The van der Waals surface area contributed by atoms with Gasteiger partial charge in [-0.15, -0.1) is 0 Å². The van der Waals surface area contributed by atoms with Crippen LogP contribution in [0, 0.1) is 6.92 Å². The lowest BCUT2D eigenvalue weighted by atomic mass is 10.0. The summed E-state index contributed by atoms with van der Waals surface area (Å²) in [5.41, 5.74) is 5.05. The van der Waals surface area contributed by atoms with Crippen molar-refractivity contribution in [2.75, 3.05) is 0 Å². The summed E-state index contributed by atoms with van der Waals surface area (Å²) in [6.45, 7) is 1.51. The number of hydrogen-bond acceptors (Lipinski definition) is 2. The first-order valence-corrected chi connectivity index (χ1v) is 4.84. The Labute approximate surface area is 93.0 Å². The second-order valence-corrected chi connectivity index (χ2v) is 4.00. The van der Waals surface area contributed by atoms with Gasteiger partial charge in [0.2, 0.25) is 0 Å². The predicted molar refractivity (Wildman–Crippen MR) is 53.5 cm³/mol. The molecule has 1 rings (SSSR count). The third kappa shape index (κ3) is 2.43. The van der Waals surface area contributed by atoms with Gasteiger partial charge in [-0.25, -0.2) is 0 Å². The number of aryl methyl sites for hydroxylation is 1. The Morgan fingerprint density at radius 2 is 1.93 bits per heavy atom. The van der Waals surface area contributed by atoms with E-state index in [0.717, 1.165) is 0 Å². The number of phenolic OH excluding ortho intramolecular Hbond substituents is 1. The highest BCUT2D eigenvalue weighted by molar-refractivity contribution is 9.10. The Morgan fingerprint density at radius 1 is 1.40 bits per heavy atom. The second kappa shape index (κ2) is 4.02. The molecule has 1 aromatic carbocycles. The molecule has 2 nitrogen and oxygen atoms in total. The molecule has 0 saturated heterocycles. The molecule has 3 N–H and O–H groups in total. The Hall–Kier alpha value is -0.750. The van der Waals surface area contributed by atoms with Gasteiger partial charge in [0.05, 0.1) is 0 Å². The van der Waals surface area contributed by atoms with E-state index < -0.39 is 18.0 Å². The van der Waals surface area contributed by atoms with Gasteiger partial charge in [-0.1, -0.05) is 22.0 Å². The fraction of sp³-hybridized carbons (Fsp3) is 0.333. The Bertz CT molecular complexity index is 378. The van der Waals surface area contributed by atoms with Crippen molar-refractivity contribution in [3.63, 3.8) is 0 Å². The monoisotopic (exact) mass is 283 g/mol. The third-order valence-electron chi connectivity index (χ3n) is 2.03. The van der Waals surface area contributed by atoms with E-state index in [1.807, 2.05) is 0 Å². The molecule has 0 fully saturated rings. The second-order valence-electron chi connectivity index (χ2n) is 3.15. The molecule has 0 spiro atoms. The van der Waals surface area contributed by atoms with Crippen molar-refractivity contribution >= 4 is 15.9 Å². The lowest BCUT2D eigenvalue weighted by Crippen LogP contribution is -2.29. The van der Waals surface area contributed by atoms with Gasteiger partial charge in [0, 0.05) is 10.0 Å². The standard InChI is InChI=1S/C9H9BrF3NO/c1-4-2-3-5(10)6(7(4)15)8(14)9(11,12)13/h2-3,8,15H,14H2,1H3/t8-/m1/s1. The van der Waals surface area contributed by atoms with Crippen molar-refractivity contribution < 1.29 is 18.3 Å². The maximum atomic E-state index is 12.4. The number of halogens is 4. The van der Waals surface area contributed by atoms with Crippen LogP contribution in [0.4, 0.5) is 13.2 Å². The van der Waals surface area contributed by atoms with E-state index in [2.05, 4.69) is 15.9 Å². The van der Waals surface area contributed by atoms with E-state index in [4.69, 9.17) is 5.73 Å². The normalized spacial score (nSPS) is 14.0. The summed E-state index contributed by atoms with van der Waals surface area (Å²) in [5, 5.41) is 9.50. The van der Waals surface area contributed by atoms with Crippen molar-refractivity contribution in [3.05, 3.63) is 27.7 Å². The maximum Gasteiger partial charge on any atom is 0.407 e. The van der Waals surface area contributed by atoms with Crippen LogP contribution in [0.1, 0.15) is 17.2 Å². The molecule has 0 heterocycles. The van der Waals surface area contributed by atoms with E-state index in [1.54, 1.807) is 0 Å². The number of rotatable bonds is 1. The smallest absolute Gasteiger partial charge is 0.407 e. The van der Waals surface area contributed by atoms with Crippen LogP contribution in [0.15, 0.2) is 16.6 Å². The van der Waals surface area contributed by atoms with E-state index in [1.165, 1.54) is 19.1 Å². The van der Waals surface area contributed by atoms with Crippen molar-refractivity contribution in [1.29, 1.82) is 0 Å². The van der Waals surface area contributed by atoms with Crippen LogP contribution < -0.4 is 5.73 Å². The quantitative estimate of drug-likeness (QED) is 0.832. The number of phenols is 1. The number of nitrogens with two attached hydrogens (primary N) is 1. The molecule has 0 aliphatic rings. The van der Waals surface area contributed by atoms with Gasteiger partial charge in [0.1, 0.15) is 11.8 Å². The zero-order chi connectivity index (χ0) is 11.8. The zero-order valence-electron chi connectivity index (χ0n) is 7.77.